The van der Waals surface area contributed by atoms with Gasteiger partial charge in [0.25, 0.3) is 0 Å². The monoisotopic (exact) mass is 493 g/mol. The molecule has 1 aromatic heterocycles. The van der Waals surface area contributed by atoms with Crippen molar-refractivity contribution in [3.63, 3.8) is 0 Å². The normalized spacial score (nSPS) is 15.9. The Balaban J connectivity index is 0.00000364. The summed E-state index contributed by atoms with van der Waals surface area (Å²) in [6.07, 6.45) is 6.58. The number of nitrogens with one attached hydrogen (secondary N) is 2. The fourth-order valence-electron chi connectivity index (χ4n) is 3.05. The molecule has 0 aromatic carbocycles. The fourth-order valence-corrected chi connectivity index (χ4v) is 3.05. The van der Waals surface area contributed by atoms with Crippen molar-refractivity contribution in [3.8, 4) is 0 Å². The number of rotatable bonds is 9. The second kappa shape index (κ2) is 14.1. The number of halogens is 1. The minimum absolute atomic E-state index is 0. The Morgan fingerprint density at radius 2 is 1.81 bits per heavy atom. The Hall–Kier alpha value is -0.940. The third-order valence-corrected chi connectivity index (χ3v) is 4.80. The van der Waals surface area contributed by atoms with Crippen LogP contribution in [0.3, 0.4) is 0 Å². The standard InChI is InChI=1S/C18H35N7O.HI/c1-16-22-23-17(24(16)2)15-21-18(20-10-14-26-3)19-9-8-13-25-11-6-4-5-7-12-25;/h4-15H2,1-3H3,(H2,19,20,21);1H. The number of hydrogen-bond acceptors (Lipinski definition) is 5. The highest BCUT2D eigenvalue weighted by Gasteiger charge is 2.09. The first-order valence-electron chi connectivity index (χ1n) is 9.79. The van der Waals surface area contributed by atoms with Gasteiger partial charge < -0.3 is 24.8 Å². The largest absolute Gasteiger partial charge is 0.383 e. The van der Waals surface area contributed by atoms with Crippen LogP contribution < -0.4 is 10.6 Å². The molecule has 1 aliphatic heterocycles. The summed E-state index contributed by atoms with van der Waals surface area (Å²) in [6.45, 7) is 8.39. The van der Waals surface area contributed by atoms with Crippen molar-refractivity contribution in [1.82, 2.24) is 30.3 Å². The first-order chi connectivity index (χ1) is 12.7. The average molecular weight is 493 g/mol. The lowest BCUT2D eigenvalue weighted by molar-refractivity contribution is 0.203. The van der Waals surface area contributed by atoms with Gasteiger partial charge in [-0.05, 0) is 45.8 Å². The Bertz CT molecular complexity index is 542. The minimum atomic E-state index is 0. The van der Waals surface area contributed by atoms with Crippen molar-refractivity contribution in [2.75, 3.05) is 46.4 Å². The SMILES string of the molecule is COCCNC(=NCc1nnc(C)n1C)NCCCN1CCCCCC1.I. The molecule has 27 heavy (non-hydrogen) atoms. The van der Waals surface area contributed by atoms with Gasteiger partial charge in [-0.25, -0.2) is 4.99 Å². The molecule has 2 rings (SSSR count). The van der Waals surface area contributed by atoms with E-state index in [9.17, 15) is 0 Å². The molecule has 0 radical (unpaired) electrons. The zero-order valence-electron chi connectivity index (χ0n) is 17.0. The van der Waals surface area contributed by atoms with E-state index < -0.39 is 0 Å². The van der Waals surface area contributed by atoms with Crippen molar-refractivity contribution in [2.45, 2.75) is 45.6 Å². The molecule has 2 N–H and O–H groups in total. The summed E-state index contributed by atoms with van der Waals surface area (Å²) < 4.78 is 7.08. The molecule has 0 unspecified atom stereocenters. The van der Waals surface area contributed by atoms with Gasteiger partial charge >= 0.3 is 0 Å². The lowest BCUT2D eigenvalue weighted by Crippen LogP contribution is -2.40. The minimum Gasteiger partial charge on any atom is -0.383 e. The van der Waals surface area contributed by atoms with E-state index in [1.807, 2.05) is 18.5 Å². The molecular weight excluding hydrogens is 457 g/mol. The first-order valence-corrected chi connectivity index (χ1v) is 9.79. The van der Waals surface area contributed by atoms with E-state index in [0.29, 0.717) is 13.2 Å². The zero-order valence-corrected chi connectivity index (χ0v) is 19.4. The highest BCUT2D eigenvalue weighted by molar-refractivity contribution is 14.0. The summed E-state index contributed by atoms with van der Waals surface area (Å²) in [7, 11) is 3.67. The number of ether oxygens (including phenoxy) is 1. The number of aromatic nitrogens is 3. The number of nitrogens with zero attached hydrogens (tertiary/aromatic N) is 5. The van der Waals surface area contributed by atoms with Crippen LogP contribution in [-0.2, 0) is 18.3 Å². The van der Waals surface area contributed by atoms with E-state index in [1.165, 1.54) is 38.8 Å². The maximum absolute atomic E-state index is 5.12. The lowest BCUT2D eigenvalue weighted by Gasteiger charge is -2.20. The Morgan fingerprint density at radius 3 is 2.44 bits per heavy atom. The second-order valence-corrected chi connectivity index (χ2v) is 6.84. The molecule has 0 spiro atoms. The van der Waals surface area contributed by atoms with Gasteiger partial charge in [-0.15, -0.1) is 34.2 Å². The molecule has 0 bridgehead atoms. The van der Waals surface area contributed by atoms with Crippen LogP contribution in [0.15, 0.2) is 4.99 Å². The highest BCUT2D eigenvalue weighted by atomic mass is 127. The van der Waals surface area contributed by atoms with E-state index in [1.54, 1.807) is 7.11 Å². The maximum atomic E-state index is 5.12. The number of aryl methyl sites for hydroxylation is 1. The summed E-state index contributed by atoms with van der Waals surface area (Å²) in [5, 5.41) is 15.0. The third kappa shape index (κ3) is 9.20. The molecule has 0 aliphatic carbocycles. The van der Waals surface area contributed by atoms with E-state index in [-0.39, 0.29) is 24.0 Å². The van der Waals surface area contributed by atoms with Crippen LogP contribution in [0.25, 0.3) is 0 Å². The van der Waals surface area contributed by atoms with Crippen molar-refractivity contribution < 1.29 is 4.74 Å². The van der Waals surface area contributed by atoms with Crippen molar-refractivity contribution in [1.29, 1.82) is 0 Å². The highest BCUT2D eigenvalue weighted by Crippen LogP contribution is 2.09. The van der Waals surface area contributed by atoms with Crippen LogP contribution in [0.5, 0.6) is 0 Å². The predicted molar refractivity (Wildman–Crippen MR) is 120 cm³/mol. The summed E-state index contributed by atoms with van der Waals surface area (Å²) in [4.78, 5) is 7.23. The number of methoxy groups -OCH3 is 1. The second-order valence-electron chi connectivity index (χ2n) is 6.84. The molecule has 156 valence electrons. The molecule has 1 aromatic rings. The lowest BCUT2D eigenvalue weighted by atomic mass is 10.2. The Kier molecular flexibility index (Phi) is 12.6. The van der Waals surface area contributed by atoms with Gasteiger partial charge in [-0.2, -0.15) is 0 Å². The molecule has 2 heterocycles. The average Bonchev–Trinajstić information content (AvgIpc) is 2.83. The van der Waals surface area contributed by atoms with Crippen molar-refractivity contribution in [2.24, 2.45) is 12.0 Å². The molecule has 0 atom stereocenters. The van der Waals surface area contributed by atoms with Gasteiger partial charge in [0.05, 0.1) is 6.61 Å². The topological polar surface area (TPSA) is 79.6 Å². The third-order valence-electron chi connectivity index (χ3n) is 4.80. The van der Waals surface area contributed by atoms with Gasteiger partial charge in [0, 0.05) is 27.2 Å². The van der Waals surface area contributed by atoms with Crippen LogP contribution >= 0.6 is 24.0 Å². The molecular formula is C18H36IN7O. The Labute approximate surface area is 180 Å². The van der Waals surface area contributed by atoms with Crippen LogP contribution in [0.2, 0.25) is 0 Å². The quantitative estimate of drug-likeness (QED) is 0.236. The van der Waals surface area contributed by atoms with Crippen molar-refractivity contribution >= 4 is 29.9 Å². The maximum Gasteiger partial charge on any atom is 0.191 e. The van der Waals surface area contributed by atoms with Gasteiger partial charge in [-0.3, -0.25) is 0 Å². The number of likely N-dealkylation sites (tertiary alicyclic amines) is 1. The van der Waals surface area contributed by atoms with Gasteiger partial charge in [0.2, 0.25) is 0 Å². The van der Waals surface area contributed by atoms with Crippen LogP contribution in [0.4, 0.5) is 0 Å². The van der Waals surface area contributed by atoms with Gasteiger partial charge in [0.15, 0.2) is 11.8 Å². The molecule has 8 nitrogen and oxygen atoms in total. The van der Waals surface area contributed by atoms with Crippen LogP contribution in [-0.4, -0.2) is 72.1 Å². The summed E-state index contributed by atoms with van der Waals surface area (Å²) in [5.41, 5.74) is 0. The molecule has 1 fully saturated rings. The number of guanidine groups is 1. The van der Waals surface area contributed by atoms with E-state index >= 15 is 0 Å². The Morgan fingerprint density at radius 1 is 1.11 bits per heavy atom. The molecule has 0 amide bonds. The summed E-state index contributed by atoms with van der Waals surface area (Å²) in [6, 6.07) is 0. The number of hydrogen-bond donors (Lipinski definition) is 2. The number of aliphatic imine (C=N–C) groups is 1. The van der Waals surface area contributed by atoms with Crippen LogP contribution in [0.1, 0.15) is 43.8 Å². The van der Waals surface area contributed by atoms with E-state index in [2.05, 4.69) is 30.7 Å². The smallest absolute Gasteiger partial charge is 0.191 e. The van der Waals surface area contributed by atoms with Gasteiger partial charge in [0.1, 0.15) is 12.4 Å². The summed E-state index contributed by atoms with van der Waals surface area (Å²) in [5.74, 6) is 2.56. The van der Waals surface area contributed by atoms with E-state index in [0.717, 1.165) is 43.7 Å². The zero-order chi connectivity index (χ0) is 18.6. The van der Waals surface area contributed by atoms with E-state index in [4.69, 9.17) is 4.74 Å². The molecule has 0 saturated carbocycles. The first kappa shape index (κ1) is 24.1. The van der Waals surface area contributed by atoms with Crippen LogP contribution in [0, 0.1) is 6.92 Å². The summed E-state index contributed by atoms with van der Waals surface area (Å²) >= 11 is 0. The molecule has 1 saturated heterocycles. The van der Waals surface area contributed by atoms with Gasteiger partial charge in [-0.1, -0.05) is 12.8 Å². The predicted octanol–water partition coefficient (Wildman–Crippen LogP) is 1.69. The van der Waals surface area contributed by atoms with Crippen molar-refractivity contribution in [3.05, 3.63) is 11.6 Å². The fraction of sp³-hybridized carbons (Fsp3) is 0.833. The molecule has 1 aliphatic rings. The molecule has 9 heteroatoms.